The maximum Gasteiger partial charge on any atom is 0.417 e. The van der Waals surface area contributed by atoms with E-state index in [1.54, 1.807) is 24.4 Å². The Balaban J connectivity index is 2.53. The number of alkyl halides is 3. The number of hydrogen-bond acceptors (Lipinski definition) is 1. The molecule has 5 heteroatoms. The van der Waals surface area contributed by atoms with Crippen LogP contribution in [0.5, 0.6) is 0 Å². The molecule has 0 amide bonds. The Hall–Kier alpha value is -1.49. The topological polar surface area (TPSA) is 14.1 Å². The van der Waals surface area contributed by atoms with Gasteiger partial charge in [0.05, 0.1) is 5.56 Å². The molecule has 0 bridgehead atoms. The molecule has 0 radical (unpaired) electrons. The van der Waals surface area contributed by atoms with E-state index >= 15 is 0 Å². The lowest BCUT2D eigenvalue weighted by Crippen LogP contribution is -2.12. The van der Waals surface area contributed by atoms with Crippen LogP contribution in [0.25, 0.3) is 11.1 Å². The van der Waals surface area contributed by atoms with Crippen molar-refractivity contribution >= 4 is 11.8 Å². The Bertz CT molecular complexity index is 672. The minimum atomic E-state index is -4.36. The van der Waals surface area contributed by atoms with Gasteiger partial charge >= 0.3 is 6.18 Å². The Morgan fingerprint density at radius 1 is 0.955 bits per heavy atom. The molecule has 22 heavy (non-hydrogen) atoms. The molecule has 0 saturated carbocycles. The molecule has 0 aliphatic heterocycles. The highest BCUT2D eigenvalue weighted by atomic mass is 32.2. The molecule has 1 aromatic heterocycles. The van der Waals surface area contributed by atoms with E-state index in [2.05, 4.69) is 4.98 Å². The second-order valence-electron chi connectivity index (χ2n) is 6.18. The van der Waals surface area contributed by atoms with Gasteiger partial charge in [-0.05, 0) is 23.3 Å². The summed E-state index contributed by atoms with van der Waals surface area (Å²) in [5, 5.41) is 0. The first kappa shape index (κ1) is 16.9. The summed E-state index contributed by atoms with van der Waals surface area (Å²) in [6.07, 6.45) is -2.63. The predicted molar refractivity (Wildman–Crippen MR) is 83.8 cm³/mol. The molecular formula is C17H19F3NS+. The Labute approximate surface area is 133 Å². The standard InChI is InChI=1S/C17H18F3NS/c1-11-9-13(7-8-21-11)12-5-6-15(22-16(2,3)4)14(10-12)17(18,19)20/h5-10H,1-4H3/p+1. The number of pyridine rings is 1. The average Bonchev–Trinajstić information content (AvgIpc) is 2.36. The fraction of sp³-hybridized carbons (Fsp3) is 0.353. The summed E-state index contributed by atoms with van der Waals surface area (Å²) in [7, 11) is 0. The molecule has 2 rings (SSSR count). The van der Waals surface area contributed by atoms with E-state index in [4.69, 9.17) is 0 Å². The van der Waals surface area contributed by atoms with Gasteiger partial charge in [-0.15, -0.1) is 11.8 Å². The molecule has 118 valence electrons. The van der Waals surface area contributed by atoms with Crippen LogP contribution in [0.2, 0.25) is 0 Å². The summed E-state index contributed by atoms with van der Waals surface area (Å²) in [6, 6.07) is 8.17. The molecule has 1 N–H and O–H groups in total. The maximum absolute atomic E-state index is 13.4. The van der Waals surface area contributed by atoms with Crippen LogP contribution in [0.15, 0.2) is 41.4 Å². The van der Waals surface area contributed by atoms with Crippen molar-refractivity contribution in [3.8, 4) is 11.1 Å². The zero-order chi connectivity index (χ0) is 16.5. The molecule has 0 atom stereocenters. The number of thioether (sulfide) groups is 1. The van der Waals surface area contributed by atoms with Crippen molar-refractivity contribution in [1.29, 1.82) is 0 Å². The number of H-pyrrole nitrogens is 1. The zero-order valence-electron chi connectivity index (χ0n) is 13.0. The van der Waals surface area contributed by atoms with Crippen molar-refractivity contribution in [2.75, 3.05) is 0 Å². The van der Waals surface area contributed by atoms with Gasteiger partial charge in [-0.25, -0.2) is 4.98 Å². The first-order valence-corrected chi connectivity index (χ1v) is 7.77. The number of hydrogen-bond donors (Lipinski definition) is 0. The third-order valence-corrected chi connectivity index (χ3v) is 4.17. The summed E-state index contributed by atoms with van der Waals surface area (Å²) in [5.41, 5.74) is 1.67. The van der Waals surface area contributed by atoms with Crippen LogP contribution in [0.1, 0.15) is 32.0 Å². The molecule has 2 aromatic rings. The Morgan fingerprint density at radius 3 is 2.14 bits per heavy atom. The van der Waals surface area contributed by atoms with E-state index in [-0.39, 0.29) is 9.64 Å². The van der Waals surface area contributed by atoms with Gasteiger partial charge in [-0.3, -0.25) is 0 Å². The van der Waals surface area contributed by atoms with E-state index in [9.17, 15) is 13.2 Å². The van der Waals surface area contributed by atoms with Crippen LogP contribution in [0, 0.1) is 6.92 Å². The van der Waals surface area contributed by atoms with Gasteiger partial charge in [0.1, 0.15) is 0 Å². The fourth-order valence-electron chi connectivity index (χ4n) is 2.12. The molecule has 0 fully saturated rings. The number of halogens is 3. The molecule has 0 saturated heterocycles. The van der Waals surface area contributed by atoms with Gasteiger partial charge in [0, 0.05) is 28.7 Å². The van der Waals surface area contributed by atoms with Crippen LogP contribution in [-0.2, 0) is 6.18 Å². The van der Waals surface area contributed by atoms with Crippen molar-refractivity contribution in [3.63, 3.8) is 0 Å². The van der Waals surface area contributed by atoms with Crippen LogP contribution in [-0.4, -0.2) is 4.75 Å². The molecule has 0 unspecified atom stereocenters. The van der Waals surface area contributed by atoms with Crippen LogP contribution < -0.4 is 4.98 Å². The van der Waals surface area contributed by atoms with Gasteiger partial charge in [-0.1, -0.05) is 26.8 Å². The van der Waals surface area contributed by atoms with Crippen molar-refractivity contribution in [3.05, 3.63) is 47.8 Å². The highest BCUT2D eigenvalue weighted by Crippen LogP contribution is 2.42. The van der Waals surface area contributed by atoms with Gasteiger partial charge in [-0.2, -0.15) is 13.2 Å². The predicted octanol–water partition coefficient (Wildman–Crippen LogP) is 5.39. The van der Waals surface area contributed by atoms with Gasteiger partial charge in [0.25, 0.3) is 0 Å². The van der Waals surface area contributed by atoms with Crippen molar-refractivity contribution in [2.45, 2.75) is 43.5 Å². The molecular weight excluding hydrogens is 307 g/mol. The number of aromatic amines is 1. The first-order valence-electron chi connectivity index (χ1n) is 6.95. The van der Waals surface area contributed by atoms with E-state index in [0.717, 1.165) is 11.3 Å². The highest BCUT2D eigenvalue weighted by molar-refractivity contribution is 8.00. The lowest BCUT2D eigenvalue weighted by Gasteiger charge is -2.21. The summed E-state index contributed by atoms with van der Waals surface area (Å²) in [5.74, 6) is 0. The number of benzene rings is 1. The van der Waals surface area contributed by atoms with E-state index < -0.39 is 11.7 Å². The minimum absolute atomic E-state index is 0.267. The second-order valence-corrected chi connectivity index (χ2v) is 8.05. The highest BCUT2D eigenvalue weighted by Gasteiger charge is 2.35. The molecule has 0 aliphatic carbocycles. The molecule has 0 aliphatic rings. The van der Waals surface area contributed by atoms with Gasteiger partial charge < -0.3 is 0 Å². The average molecular weight is 326 g/mol. The SMILES string of the molecule is Cc1cc(-c2ccc(SC(C)(C)C)c(C(F)(F)F)c2)cc[nH+]1. The number of aromatic nitrogens is 1. The smallest absolute Gasteiger partial charge is 0.215 e. The number of aryl methyl sites for hydroxylation is 1. The summed E-state index contributed by atoms with van der Waals surface area (Å²) in [6.45, 7) is 7.59. The molecule has 1 heterocycles. The monoisotopic (exact) mass is 326 g/mol. The Kier molecular flexibility index (Phi) is 4.57. The normalized spacial score (nSPS) is 12.5. The Morgan fingerprint density at radius 2 is 1.59 bits per heavy atom. The largest absolute Gasteiger partial charge is 0.417 e. The van der Waals surface area contributed by atoms with E-state index in [1.807, 2.05) is 33.8 Å². The summed E-state index contributed by atoms with van der Waals surface area (Å²) >= 11 is 1.24. The van der Waals surface area contributed by atoms with Gasteiger partial charge in [0.2, 0.25) is 0 Å². The lowest BCUT2D eigenvalue weighted by molar-refractivity contribution is -0.387. The third-order valence-electron chi connectivity index (χ3n) is 2.98. The maximum atomic E-state index is 13.4. The number of nitrogens with one attached hydrogen (secondary N) is 1. The van der Waals surface area contributed by atoms with Gasteiger partial charge in [0.15, 0.2) is 11.9 Å². The lowest BCUT2D eigenvalue weighted by atomic mass is 10.0. The fourth-order valence-corrected chi connectivity index (χ4v) is 3.20. The molecule has 1 aromatic carbocycles. The van der Waals surface area contributed by atoms with Crippen LogP contribution >= 0.6 is 11.8 Å². The van der Waals surface area contributed by atoms with Crippen molar-refractivity contribution in [2.24, 2.45) is 0 Å². The summed E-state index contributed by atoms with van der Waals surface area (Å²) < 4.78 is 39.9. The van der Waals surface area contributed by atoms with E-state index in [0.29, 0.717) is 5.56 Å². The van der Waals surface area contributed by atoms with E-state index in [1.165, 1.54) is 17.8 Å². The molecule has 0 spiro atoms. The quantitative estimate of drug-likeness (QED) is 0.675. The number of rotatable bonds is 2. The third kappa shape index (κ3) is 4.26. The zero-order valence-corrected chi connectivity index (χ0v) is 13.8. The minimum Gasteiger partial charge on any atom is -0.215 e. The van der Waals surface area contributed by atoms with Crippen molar-refractivity contribution in [1.82, 2.24) is 0 Å². The molecule has 1 nitrogen and oxygen atoms in total. The van der Waals surface area contributed by atoms with Crippen LogP contribution in [0.4, 0.5) is 13.2 Å². The van der Waals surface area contributed by atoms with Crippen LogP contribution in [0.3, 0.4) is 0 Å². The summed E-state index contributed by atoms with van der Waals surface area (Å²) in [4.78, 5) is 3.27. The van der Waals surface area contributed by atoms with Crippen molar-refractivity contribution < 1.29 is 18.2 Å². The first-order chi connectivity index (χ1) is 10.1. The second kappa shape index (κ2) is 5.95.